The van der Waals surface area contributed by atoms with E-state index in [1.807, 2.05) is 0 Å². The van der Waals surface area contributed by atoms with Crippen LogP contribution in [0, 0.1) is 0 Å². The summed E-state index contributed by atoms with van der Waals surface area (Å²) >= 11 is 9.28. The smallest absolute Gasteiger partial charge is 0.255 e. The molecule has 110 valence electrons. The highest BCUT2D eigenvalue weighted by molar-refractivity contribution is 9.10. The van der Waals surface area contributed by atoms with Crippen molar-refractivity contribution in [3.63, 3.8) is 0 Å². The minimum absolute atomic E-state index is 0.0751. The van der Waals surface area contributed by atoms with E-state index in [0.29, 0.717) is 21.6 Å². The average Bonchev–Trinajstić information content (AvgIpc) is 3.03. The van der Waals surface area contributed by atoms with E-state index in [0.717, 1.165) is 31.0 Å². The molecule has 1 aromatic heterocycles. The fourth-order valence-electron chi connectivity index (χ4n) is 2.48. The summed E-state index contributed by atoms with van der Waals surface area (Å²) in [5, 5.41) is 8.93. The van der Waals surface area contributed by atoms with Gasteiger partial charge in [0.25, 0.3) is 5.91 Å². The van der Waals surface area contributed by atoms with Gasteiger partial charge in [-0.1, -0.05) is 11.6 Å². The van der Waals surface area contributed by atoms with Gasteiger partial charge in [0.1, 0.15) is 5.82 Å². The van der Waals surface area contributed by atoms with Crippen molar-refractivity contribution in [3.8, 4) is 0 Å². The maximum Gasteiger partial charge on any atom is 0.255 e. The van der Waals surface area contributed by atoms with Crippen molar-refractivity contribution in [2.45, 2.75) is 25.9 Å². The molecule has 0 bridgehead atoms. The van der Waals surface area contributed by atoms with Gasteiger partial charge in [-0.25, -0.2) is 0 Å². The molecule has 21 heavy (non-hydrogen) atoms. The van der Waals surface area contributed by atoms with Crippen LogP contribution in [-0.4, -0.2) is 32.6 Å². The molecule has 1 amide bonds. The lowest BCUT2D eigenvalue weighted by molar-refractivity contribution is 0.0779. The van der Waals surface area contributed by atoms with Crippen LogP contribution in [0.25, 0.3) is 0 Å². The van der Waals surface area contributed by atoms with Crippen LogP contribution >= 0.6 is 27.5 Å². The van der Waals surface area contributed by atoms with E-state index in [1.165, 1.54) is 0 Å². The third-order valence-corrected chi connectivity index (χ3v) is 4.46. The van der Waals surface area contributed by atoms with Gasteiger partial charge < -0.3 is 9.47 Å². The molecule has 1 aliphatic heterocycles. The maximum atomic E-state index is 12.5. The van der Waals surface area contributed by atoms with Crippen molar-refractivity contribution in [1.29, 1.82) is 0 Å². The first-order valence-electron chi connectivity index (χ1n) is 6.67. The van der Waals surface area contributed by atoms with E-state index >= 15 is 0 Å². The van der Waals surface area contributed by atoms with Crippen molar-refractivity contribution in [3.05, 3.63) is 44.9 Å². The van der Waals surface area contributed by atoms with Crippen molar-refractivity contribution >= 4 is 33.4 Å². The van der Waals surface area contributed by atoms with E-state index in [-0.39, 0.29) is 5.91 Å². The zero-order valence-electron chi connectivity index (χ0n) is 11.5. The van der Waals surface area contributed by atoms with Gasteiger partial charge in [0.05, 0.1) is 12.1 Å². The Morgan fingerprint density at radius 3 is 3.05 bits per heavy atom. The van der Waals surface area contributed by atoms with Gasteiger partial charge in [-0.05, 0) is 40.5 Å². The molecule has 0 aliphatic carbocycles. The Bertz CT molecular complexity index is 700. The predicted octanol–water partition coefficient (Wildman–Crippen LogP) is 2.91. The molecule has 0 saturated heterocycles. The molecule has 1 aromatic carbocycles. The Kier molecular flexibility index (Phi) is 3.99. The number of rotatable bonds is 3. The fraction of sp³-hybridized carbons (Fsp3) is 0.357. The van der Waals surface area contributed by atoms with Crippen LogP contribution in [0.3, 0.4) is 0 Å². The standard InChI is InChI=1S/C14H14BrClN4O/c1-19(8-13-18-17-12-3-2-6-20(12)13)14(21)10-5-4-9(16)7-11(10)15/h4-5,7H,2-3,6,8H2,1H3. The molecule has 0 unspecified atom stereocenters. The van der Waals surface area contributed by atoms with Crippen molar-refractivity contribution < 1.29 is 4.79 Å². The summed E-state index contributed by atoms with van der Waals surface area (Å²) in [5.74, 6) is 1.77. The second-order valence-electron chi connectivity index (χ2n) is 5.07. The Labute approximate surface area is 136 Å². The van der Waals surface area contributed by atoms with Gasteiger partial charge in [-0.2, -0.15) is 0 Å². The molecule has 7 heteroatoms. The van der Waals surface area contributed by atoms with Crippen molar-refractivity contribution in [2.75, 3.05) is 7.05 Å². The summed E-state index contributed by atoms with van der Waals surface area (Å²) < 4.78 is 2.79. The van der Waals surface area contributed by atoms with E-state index < -0.39 is 0 Å². The number of nitrogens with zero attached hydrogens (tertiary/aromatic N) is 4. The molecular formula is C14H14BrClN4O. The van der Waals surface area contributed by atoms with Gasteiger partial charge in [-0.3, -0.25) is 4.79 Å². The van der Waals surface area contributed by atoms with Gasteiger partial charge >= 0.3 is 0 Å². The number of benzene rings is 1. The number of aryl methyl sites for hydroxylation is 1. The number of hydrogen-bond donors (Lipinski definition) is 0. The predicted molar refractivity (Wildman–Crippen MR) is 83.3 cm³/mol. The third kappa shape index (κ3) is 2.82. The minimum Gasteiger partial charge on any atom is -0.334 e. The first-order chi connectivity index (χ1) is 10.1. The first-order valence-corrected chi connectivity index (χ1v) is 7.85. The summed E-state index contributed by atoms with van der Waals surface area (Å²) in [7, 11) is 1.76. The van der Waals surface area contributed by atoms with Crippen LogP contribution in [0.1, 0.15) is 28.4 Å². The number of fused-ring (bicyclic) bond motifs is 1. The molecule has 2 aromatic rings. The van der Waals surface area contributed by atoms with Crippen molar-refractivity contribution in [1.82, 2.24) is 19.7 Å². The third-order valence-electron chi connectivity index (χ3n) is 3.57. The zero-order valence-corrected chi connectivity index (χ0v) is 13.9. The Morgan fingerprint density at radius 2 is 2.29 bits per heavy atom. The fourth-order valence-corrected chi connectivity index (χ4v) is 3.33. The summed E-state index contributed by atoms with van der Waals surface area (Å²) in [4.78, 5) is 14.1. The summed E-state index contributed by atoms with van der Waals surface area (Å²) in [6.45, 7) is 1.38. The van der Waals surface area contributed by atoms with E-state index in [2.05, 4.69) is 30.7 Å². The molecule has 0 atom stereocenters. The lowest BCUT2D eigenvalue weighted by Gasteiger charge is -2.17. The van der Waals surface area contributed by atoms with Crippen LogP contribution in [0.5, 0.6) is 0 Å². The molecular weight excluding hydrogens is 356 g/mol. The molecule has 1 aliphatic rings. The molecule has 0 spiro atoms. The number of aromatic nitrogens is 3. The lowest BCUT2D eigenvalue weighted by Crippen LogP contribution is -2.28. The highest BCUT2D eigenvalue weighted by Gasteiger charge is 2.21. The number of halogens is 2. The quantitative estimate of drug-likeness (QED) is 0.836. The van der Waals surface area contributed by atoms with Crippen LogP contribution < -0.4 is 0 Å². The van der Waals surface area contributed by atoms with E-state index in [4.69, 9.17) is 11.6 Å². The Hall–Kier alpha value is -1.40. The maximum absolute atomic E-state index is 12.5. The van der Waals surface area contributed by atoms with Gasteiger partial charge in [0, 0.05) is 29.5 Å². The van der Waals surface area contributed by atoms with Crippen LogP contribution in [0.4, 0.5) is 0 Å². The molecule has 0 N–H and O–H groups in total. The normalized spacial score (nSPS) is 13.3. The Balaban J connectivity index is 1.78. The topological polar surface area (TPSA) is 51.0 Å². The number of amides is 1. The summed E-state index contributed by atoms with van der Waals surface area (Å²) in [6, 6.07) is 5.15. The van der Waals surface area contributed by atoms with Gasteiger partial charge in [0.2, 0.25) is 0 Å². The van der Waals surface area contributed by atoms with Crippen molar-refractivity contribution in [2.24, 2.45) is 0 Å². The average molecular weight is 370 g/mol. The summed E-state index contributed by atoms with van der Waals surface area (Å²) in [5.41, 5.74) is 0.586. The highest BCUT2D eigenvalue weighted by atomic mass is 79.9. The molecule has 3 rings (SSSR count). The van der Waals surface area contributed by atoms with E-state index in [9.17, 15) is 4.79 Å². The second-order valence-corrected chi connectivity index (χ2v) is 6.36. The number of hydrogen-bond acceptors (Lipinski definition) is 3. The first kappa shape index (κ1) is 14.5. The zero-order chi connectivity index (χ0) is 15.0. The largest absolute Gasteiger partial charge is 0.334 e. The van der Waals surface area contributed by atoms with Crippen LogP contribution in [-0.2, 0) is 19.5 Å². The number of carbonyl (C=O) groups excluding carboxylic acids is 1. The van der Waals surface area contributed by atoms with Gasteiger partial charge in [-0.15, -0.1) is 10.2 Å². The highest BCUT2D eigenvalue weighted by Crippen LogP contribution is 2.23. The molecule has 0 fully saturated rings. The monoisotopic (exact) mass is 368 g/mol. The van der Waals surface area contributed by atoms with Gasteiger partial charge in [0.15, 0.2) is 5.82 Å². The van der Waals surface area contributed by atoms with Crippen LogP contribution in [0.15, 0.2) is 22.7 Å². The SMILES string of the molecule is CN(Cc1nnc2n1CCC2)C(=O)c1ccc(Cl)cc1Br. The summed E-state index contributed by atoms with van der Waals surface area (Å²) in [6.07, 6.45) is 2.06. The Morgan fingerprint density at radius 1 is 1.48 bits per heavy atom. The molecule has 2 heterocycles. The number of carbonyl (C=O) groups is 1. The minimum atomic E-state index is -0.0751. The molecule has 5 nitrogen and oxygen atoms in total. The van der Waals surface area contributed by atoms with Crippen LogP contribution in [0.2, 0.25) is 5.02 Å². The molecule has 0 saturated carbocycles. The lowest BCUT2D eigenvalue weighted by atomic mass is 10.2. The molecule has 0 radical (unpaired) electrons. The van der Waals surface area contributed by atoms with E-state index in [1.54, 1.807) is 30.1 Å². The second kappa shape index (κ2) is 5.77.